The van der Waals surface area contributed by atoms with Gasteiger partial charge in [0.25, 0.3) is 0 Å². The van der Waals surface area contributed by atoms with Crippen LogP contribution in [0.1, 0.15) is 48.8 Å². The molecular formula is C16H25NO. The van der Waals surface area contributed by atoms with Gasteiger partial charge in [0.15, 0.2) is 0 Å². The maximum atomic E-state index is 6.15. The van der Waals surface area contributed by atoms with Gasteiger partial charge in [-0.3, -0.25) is 0 Å². The van der Waals surface area contributed by atoms with Crippen molar-refractivity contribution in [1.82, 2.24) is 0 Å². The summed E-state index contributed by atoms with van der Waals surface area (Å²) in [5.41, 5.74) is 10.2. The molecule has 0 amide bonds. The Kier molecular flexibility index (Phi) is 3.96. The van der Waals surface area contributed by atoms with E-state index in [4.69, 9.17) is 10.5 Å². The van der Waals surface area contributed by atoms with E-state index >= 15 is 0 Å². The lowest BCUT2D eigenvalue weighted by atomic mass is 9.68. The molecule has 0 aromatic heterocycles. The van der Waals surface area contributed by atoms with Crippen LogP contribution >= 0.6 is 0 Å². The molecule has 100 valence electrons. The van der Waals surface area contributed by atoms with Gasteiger partial charge >= 0.3 is 0 Å². The average molecular weight is 247 g/mol. The van der Waals surface area contributed by atoms with E-state index in [9.17, 15) is 0 Å². The van der Waals surface area contributed by atoms with Gasteiger partial charge in [-0.2, -0.15) is 0 Å². The zero-order chi connectivity index (χ0) is 13.2. The highest BCUT2D eigenvalue weighted by Gasteiger charge is 2.36. The fraction of sp³-hybridized carbons (Fsp3) is 0.625. The van der Waals surface area contributed by atoms with Gasteiger partial charge in [0.2, 0.25) is 0 Å². The summed E-state index contributed by atoms with van der Waals surface area (Å²) in [5, 5.41) is 0. The lowest BCUT2D eigenvalue weighted by molar-refractivity contribution is 0.286. The molecule has 0 aliphatic heterocycles. The second-order valence-electron chi connectivity index (χ2n) is 5.70. The highest BCUT2D eigenvalue weighted by Crippen LogP contribution is 2.44. The standard InChI is InChI=1S/C16H25NO/c1-12-9-13(2)15(14(10-12)18-3)16(11-17)7-5-4-6-8-16/h9-10H,4-8,11,17H2,1-3H3. The van der Waals surface area contributed by atoms with Gasteiger partial charge in [-0.25, -0.2) is 0 Å². The predicted octanol–water partition coefficient (Wildman–Crippen LogP) is 3.47. The summed E-state index contributed by atoms with van der Waals surface area (Å²) < 4.78 is 5.63. The summed E-state index contributed by atoms with van der Waals surface area (Å²) in [6.07, 6.45) is 6.31. The smallest absolute Gasteiger partial charge is 0.123 e. The number of ether oxygens (including phenoxy) is 1. The number of nitrogens with two attached hydrogens (primary N) is 1. The fourth-order valence-corrected chi connectivity index (χ4v) is 3.55. The zero-order valence-electron chi connectivity index (χ0n) is 11.9. The normalized spacial score (nSPS) is 18.7. The highest BCUT2D eigenvalue weighted by atomic mass is 16.5. The van der Waals surface area contributed by atoms with E-state index in [0.29, 0.717) is 0 Å². The zero-order valence-corrected chi connectivity index (χ0v) is 11.9. The number of hydrogen-bond donors (Lipinski definition) is 1. The third kappa shape index (κ3) is 2.26. The predicted molar refractivity (Wildman–Crippen MR) is 76.3 cm³/mol. The Balaban J connectivity index is 2.53. The van der Waals surface area contributed by atoms with Crippen LogP contribution in [0.25, 0.3) is 0 Å². The van der Waals surface area contributed by atoms with E-state index in [1.807, 2.05) is 0 Å². The highest BCUT2D eigenvalue weighted by molar-refractivity contribution is 5.48. The molecule has 1 aromatic rings. The van der Waals surface area contributed by atoms with Crippen LogP contribution in [-0.4, -0.2) is 13.7 Å². The van der Waals surface area contributed by atoms with E-state index in [1.54, 1.807) is 7.11 Å². The van der Waals surface area contributed by atoms with Gasteiger partial charge in [-0.05, 0) is 43.9 Å². The SMILES string of the molecule is COc1cc(C)cc(C)c1C1(CN)CCCCC1. The molecule has 1 saturated carbocycles. The Morgan fingerprint density at radius 2 is 1.83 bits per heavy atom. The first kappa shape index (κ1) is 13.4. The Bertz CT molecular complexity index is 419. The molecule has 1 aliphatic rings. The minimum absolute atomic E-state index is 0.140. The van der Waals surface area contributed by atoms with Gasteiger partial charge in [0, 0.05) is 17.5 Å². The molecule has 0 heterocycles. The first-order chi connectivity index (χ1) is 8.63. The second-order valence-corrected chi connectivity index (χ2v) is 5.70. The Morgan fingerprint density at radius 1 is 1.17 bits per heavy atom. The molecule has 18 heavy (non-hydrogen) atoms. The van der Waals surface area contributed by atoms with Gasteiger partial charge in [-0.1, -0.05) is 25.3 Å². The maximum Gasteiger partial charge on any atom is 0.123 e. The molecular weight excluding hydrogens is 222 g/mol. The molecule has 1 aromatic carbocycles. The quantitative estimate of drug-likeness (QED) is 0.887. The number of aryl methyl sites for hydroxylation is 2. The lowest BCUT2D eigenvalue weighted by Crippen LogP contribution is -2.38. The molecule has 2 heteroatoms. The van der Waals surface area contributed by atoms with Gasteiger partial charge in [-0.15, -0.1) is 0 Å². The number of methoxy groups -OCH3 is 1. The van der Waals surface area contributed by atoms with Crippen LogP contribution in [0.5, 0.6) is 5.75 Å². The summed E-state index contributed by atoms with van der Waals surface area (Å²) in [7, 11) is 1.77. The second kappa shape index (κ2) is 5.31. The van der Waals surface area contributed by atoms with Gasteiger partial charge < -0.3 is 10.5 Å². The molecule has 0 atom stereocenters. The van der Waals surface area contributed by atoms with Crippen molar-refractivity contribution in [1.29, 1.82) is 0 Å². The molecule has 0 spiro atoms. The van der Waals surface area contributed by atoms with Crippen molar-refractivity contribution in [3.8, 4) is 5.75 Å². The van der Waals surface area contributed by atoms with Crippen LogP contribution in [0.2, 0.25) is 0 Å². The minimum atomic E-state index is 0.140. The van der Waals surface area contributed by atoms with Crippen molar-refractivity contribution in [2.75, 3.05) is 13.7 Å². The largest absolute Gasteiger partial charge is 0.496 e. The molecule has 0 saturated heterocycles. The van der Waals surface area contributed by atoms with Gasteiger partial charge in [0.05, 0.1) is 7.11 Å². The first-order valence-corrected chi connectivity index (χ1v) is 6.99. The molecule has 1 aliphatic carbocycles. The summed E-state index contributed by atoms with van der Waals surface area (Å²) in [4.78, 5) is 0. The van der Waals surface area contributed by atoms with Crippen LogP contribution in [0, 0.1) is 13.8 Å². The van der Waals surface area contributed by atoms with Crippen molar-refractivity contribution in [2.24, 2.45) is 5.73 Å². The molecule has 2 N–H and O–H groups in total. The summed E-state index contributed by atoms with van der Waals surface area (Å²) >= 11 is 0. The van der Waals surface area contributed by atoms with E-state index in [-0.39, 0.29) is 5.41 Å². The van der Waals surface area contributed by atoms with Crippen molar-refractivity contribution in [3.63, 3.8) is 0 Å². The number of benzene rings is 1. The van der Waals surface area contributed by atoms with Crippen molar-refractivity contribution >= 4 is 0 Å². The Labute approximate surface area is 111 Å². The van der Waals surface area contributed by atoms with E-state index in [2.05, 4.69) is 26.0 Å². The number of rotatable bonds is 3. The van der Waals surface area contributed by atoms with Crippen LogP contribution < -0.4 is 10.5 Å². The van der Waals surface area contributed by atoms with Crippen LogP contribution in [-0.2, 0) is 5.41 Å². The average Bonchev–Trinajstić information content (AvgIpc) is 2.38. The minimum Gasteiger partial charge on any atom is -0.496 e. The molecule has 0 radical (unpaired) electrons. The molecule has 2 nitrogen and oxygen atoms in total. The third-order valence-corrected chi connectivity index (χ3v) is 4.40. The van der Waals surface area contributed by atoms with E-state index in [0.717, 1.165) is 12.3 Å². The first-order valence-electron chi connectivity index (χ1n) is 6.99. The Hall–Kier alpha value is -1.02. The Morgan fingerprint density at radius 3 is 2.39 bits per heavy atom. The lowest BCUT2D eigenvalue weighted by Gasteiger charge is -2.39. The van der Waals surface area contributed by atoms with Gasteiger partial charge in [0.1, 0.15) is 5.75 Å². The van der Waals surface area contributed by atoms with E-state index in [1.165, 1.54) is 48.8 Å². The molecule has 0 bridgehead atoms. The van der Waals surface area contributed by atoms with E-state index < -0.39 is 0 Å². The van der Waals surface area contributed by atoms with Crippen molar-refractivity contribution in [3.05, 3.63) is 28.8 Å². The molecule has 2 rings (SSSR count). The van der Waals surface area contributed by atoms with Crippen LogP contribution in [0.4, 0.5) is 0 Å². The molecule has 1 fully saturated rings. The van der Waals surface area contributed by atoms with Crippen LogP contribution in [0.15, 0.2) is 12.1 Å². The third-order valence-electron chi connectivity index (χ3n) is 4.40. The topological polar surface area (TPSA) is 35.2 Å². The summed E-state index contributed by atoms with van der Waals surface area (Å²) in [5.74, 6) is 1.03. The monoisotopic (exact) mass is 247 g/mol. The summed E-state index contributed by atoms with van der Waals surface area (Å²) in [6, 6.07) is 4.40. The molecule has 0 unspecified atom stereocenters. The van der Waals surface area contributed by atoms with Crippen molar-refractivity contribution < 1.29 is 4.74 Å². The number of hydrogen-bond acceptors (Lipinski definition) is 2. The maximum absolute atomic E-state index is 6.15. The van der Waals surface area contributed by atoms with Crippen molar-refractivity contribution in [2.45, 2.75) is 51.4 Å². The summed E-state index contributed by atoms with van der Waals surface area (Å²) in [6.45, 7) is 5.04. The van der Waals surface area contributed by atoms with Crippen LogP contribution in [0.3, 0.4) is 0 Å². The fourth-order valence-electron chi connectivity index (χ4n) is 3.55.